The number of carbonyl (C=O) groups excluding carboxylic acids is 1. The van der Waals surface area contributed by atoms with E-state index in [1.807, 2.05) is 6.07 Å². The second-order valence-corrected chi connectivity index (χ2v) is 7.67. The van der Waals surface area contributed by atoms with Crippen LogP contribution in [-0.4, -0.2) is 5.78 Å². The molecule has 25 heavy (non-hydrogen) atoms. The van der Waals surface area contributed by atoms with E-state index in [9.17, 15) is 4.79 Å². The lowest BCUT2D eigenvalue weighted by molar-refractivity contribution is 0.0849. The average molecular weight is 326 g/mol. The summed E-state index contributed by atoms with van der Waals surface area (Å²) in [6.45, 7) is 0. The first kappa shape index (κ1) is 14.9. The quantitative estimate of drug-likeness (QED) is 0.306. The summed E-state index contributed by atoms with van der Waals surface area (Å²) >= 11 is 0. The van der Waals surface area contributed by atoms with Crippen LogP contribution in [0, 0.1) is 11.3 Å². The molecule has 2 aliphatic rings. The predicted octanol–water partition coefficient (Wildman–Crippen LogP) is 6.31. The smallest absolute Gasteiger partial charge is 0.167 e. The Labute approximate surface area is 148 Å². The third kappa shape index (κ3) is 2.18. The topological polar surface area (TPSA) is 17.1 Å². The molecular weight excluding hydrogens is 304 g/mol. The number of rotatable bonds is 2. The van der Waals surface area contributed by atoms with E-state index in [1.54, 1.807) is 0 Å². The fourth-order valence-corrected chi connectivity index (χ4v) is 5.19. The van der Waals surface area contributed by atoms with Crippen LogP contribution in [-0.2, 0) is 0 Å². The molecule has 3 aromatic carbocycles. The molecule has 0 radical (unpaired) electrons. The van der Waals surface area contributed by atoms with Gasteiger partial charge in [0.25, 0.3) is 0 Å². The first-order valence-corrected chi connectivity index (χ1v) is 9.41. The molecule has 1 saturated carbocycles. The molecule has 3 aromatic rings. The summed E-state index contributed by atoms with van der Waals surface area (Å²) in [5, 5.41) is 4.70. The first-order chi connectivity index (χ1) is 12.3. The van der Waals surface area contributed by atoms with Gasteiger partial charge in [0.1, 0.15) is 0 Å². The number of fused-ring (bicyclic) bond motifs is 3. The molecule has 0 heterocycles. The minimum atomic E-state index is 0.129. The molecule has 2 unspecified atom stereocenters. The SMILES string of the molecule is O=C(c1cc2ccccc2c2ccccc12)C1CCCC12C=CCC2. The molecule has 2 aliphatic carbocycles. The van der Waals surface area contributed by atoms with E-state index in [-0.39, 0.29) is 11.3 Å². The van der Waals surface area contributed by atoms with Crippen LogP contribution in [0.15, 0.2) is 66.7 Å². The molecule has 5 rings (SSSR count). The van der Waals surface area contributed by atoms with Gasteiger partial charge in [-0.3, -0.25) is 4.79 Å². The summed E-state index contributed by atoms with van der Waals surface area (Å²) in [6, 6.07) is 18.9. The van der Waals surface area contributed by atoms with Crippen molar-refractivity contribution in [1.82, 2.24) is 0 Å². The highest BCUT2D eigenvalue weighted by atomic mass is 16.1. The number of Topliss-reactive ketones (excluding diaryl/α,β-unsaturated/α-hetero) is 1. The Morgan fingerprint density at radius 3 is 2.48 bits per heavy atom. The van der Waals surface area contributed by atoms with Crippen molar-refractivity contribution in [3.8, 4) is 0 Å². The standard InChI is InChI=1S/C24H22O/c25-23(22-12-7-15-24(22)13-5-6-14-24)21-16-17-8-1-2-9-18(17)19-10-3-4-11-20(19)21/h1-5,8-11,13,16,22H,6-7,12,14-15H2. The van der Waals surface area contributed by atoms with Gasteiger partial charge in [0.2, 0.25) is 0 Å². The lowest BCUT2D eigenvalue weighted by Gasteiger charge is -2.29. The van der Waals surface area contributed by atoms with Gasteiger partial charge in [-0.05, 0) is 58.7 Å². The minimum Gasteiger partial charge on any atom is -0.294 e. The van der Waals surface area contributed by atoms with Crippen molar-refractivity contribution in [1.29, 1.82) is 0 Å². The number of ketones is 1. The molecule has 0 bridgehead atoms. The Bertz CT molecular complexity index is 1010. The molecule has 1 nitrogen and oxygen atoms in total. The third-order valence-electron chi connectivity index (χ3n) is 6.41. The van der Waals surface area contributed by atoms with Crippen molar-refractivity contribution in [3.05, 3.63) is 72.3 Å². The maximum atomic E-state index is 13.6. The summed E-state index contributed by atoms with van der Waals surface area (Å²) < 4.78 is 0. The fraction of sp³-hybridized carbons (Fsp3) is 0.292. The number of benzene rings is 3. The zero-order valence-electron chi connectivity index (χ0n) is 14.4. The number of allylic oxidation sites excluding steroid dienone is 2. The second kappa shape index (κ2) is 5.56. The van der Waals surface area contributed by atoms with E-state index >= 15 is 0 Å². The van der Waals surface area contributed by atoms with Crippen molar-refractivity contribution in [2.75, 3.05) is 0 Å². The zero-order valence-corrected chi connectivity index (χ0v) is 14.4. The van der Waals surface area contributed by atoms with Crippen LogP contribution in [0.4, 0.5) is 0 Å². The van der Waals surface area contributed by atoms with Crippen LogP contribution in [0.2, 0.25) is 0 Å². The van der Waals surface area contributed by atoms with Crippen LogP contribution in [0.25, 0.3) is 21.5 Å². The zero-order chi connectivity index (χ0) is 16.9. The predicted molar refractivity (Wildman–Crippen MR) is 104 cm³/mol. The van der Waals surface area contributed by atoms with Gasteiger partial charge in [0.15, 0.2) is 5.78 Å². The fourth-order valence-electron chi connectivity index (χ4n) is 5.19. The Kier molecular flexibility index (Phi) is 3.31. The average Bonchev–Trinajstić information content (AvgIpc) is 3.31. The summed E-state index contributed by atoms with van der Waals surface area (Å²) in [4.78, 5) is 13.6. The third-order valence-corrected chi connectivity index (χ3v) is 6.41. The van der Waals surface area contributed by atoms with Crippen molar-refractivity contribution in [2.45, 2.75) is 32.1 Å². The second-order valence-electron chi connectivity index (χ2n) is 7.67. The van der Waals surface area contributed by atoms with E-state index in [4.69, 9.17) is 0 Å². The molecule has 0 aliphatic heterocycles. The van der Waals surface area contributed by atoms with Crippen LogP contribution in [0.5, 0.6) is 0 Å². The van der Waals surface area contributed by atoms with Gasteiger partial charge in [-0.25, -0.2) is 0 Å². The van der Waals surface area contributed by atoms with E-state index < -0.39 is 0 Å². The Morgan fingerprint density at radius 1 is 0.920 bits per heavy atom. The Balaban J connectivity index is 1.71. The Morgan fingerprint density at radius 2 is 1.68 bits per heavy atom. The van der Waals surface area contributed by atoms with Gasteiger partial charge in [0.05, 0.1) is 0 Å². The van der Waals surface area contributed by atoms with Gasteiger partial charge >= 0.3 is 0 Å². The number of hydrogen-bond donors (Lipinski definition) is 0. The molecule has 1 spiro atoms. The van der Waals surface area contributed by atoms with Gasteiger partial charge in [0, 0.05) is 11.5 Å². The van der Waals surface area contributed by atoms with Crippen molar-refractivity contribution >= 4 is 27.3 Å². The van der Waals surface area contributed by atoms with Gasteiger partial charge in [-0.2, -0.15) is 0 Å². The summed E-state index contributed by atoms with van der Waals surface area (Å²) in [7, 11) is 0. The first-order valence-electron chi connectivity index (χ1n) is 9.41. The number of hydrogen-bond acceptors (Lipinski definition) is 1. The molecular formula is C24H22O. The normalized spacial score (nSPS) is 25.4. The van der Waals surface area contributed by atoms with E-state index in [2.05, 4.69) is 60.7 Å². The highest BCUT2D eigenvalue weighted by molar-refractivity contribution is 6.18. The molecule has 124 valence electrons. The molecule has 2 atom stereocenters. The van der Waals surface area contributed by atoms with Crippen molar-refractivity contribution in [2.24, 2.45) is 11.3 Å². The monoisotopic (exact) mass is 326 g/mol. The van der Waals surface area contributed by atoms with Crippen LogP contribution in [0.3, 0.4) is 0 Å². The van der Waals surface area contributed by atoms with Gasteiger partial charge in [-0.15, -0.1) is 0 Å². The van der Waals surface area contributed by atoms with Crippen LogP contribution < -0.4 is 0 Å². The lowest BCUT2D eigenvalue weighted by atomic mass is 9.73. The van der Waals surface area contributed by atoms with Crippen LogP contribution in [0.1, 0.15) is 42.5 Å². The highest BCUT2D eigenvalue weighted by Gasteiger charge is 2.46. The number of carbonyl (C=O) groups is 1. The molecule has 0 aromatic heterocycles. The molecule has 0 saturated heterocycles. The highest BCUT2D eigenvalue weighted by Crippen LogP contribution is 2.52. The molecule has 0 amide bonds. The summed E-state index contributed by atoms with van der Waals surface area (Å²) in [5.74, 6) is 0.502. The van der Waals surface area contributed by atoms with E-state index in [0.717, 1.165) is 30.2 Å². The van der Waals surface area contributed by atoms with Crippen LogP contribution >= 0.6 is 0 Å². The molecule has 1 fully saturated rings. The summed E-state index contributed by atoms with van der Waals surface area (Å²) in [6.07, 6.45) is 10.3. The molecule has 0 N–H and O–H groups in total. The maximum absolute atomic E-state index is 13.6. The lowest BCUT2D eigenvalue weighted by Crippen LogP contribution is -2.28. The van der Waals surface area contributed by atoms with Crippen molar-refractivity contribution < 1.29 is 4.79 Å². The minimum absolute atomic E-state index is 0.129. The largest absolute Gasteiger partial charge is 0.294 e. The van der Waals surface area contributed by atoms with E-state index in [0.29, 0.717) is 5.78 Å². The van der Waals surface area contributed by atoms with Gasteiger partial charge in [-0.1, -0.05) is 67.1 Å². The van der Waals surface area contributed by atoms with Crippen molar-refractivity contribution in [3.63, 3.8) is 0 Å². The summed E-state index contributed by atoms with van der Waals surface area (Å²) in [5.41, 5.74) is 1.05. The Hall–Kier alpha value is -2.41. The van der Waals surface area contributed by atoms with Gasteiger partial charge < -0.3 is 0 Å². The van der Waals surface area contributed by atoms with E-state index in [1.165, 1.54) is 29.0 Å². The maximum Gasteiger partial charge on any atom is 0.167 e. The molecule has 1 heteroatoms.